The lowest BCUT2D eigenvalue weighted by Crippen LogP contribution is -2.39. The number of carbonyl (C=O) groups is 2. The van der Waals surface area contributed by atoms with E-state index in [1.54, 1.807) is 19.1 Å². The molecule has 1 heterocycles. The lowest BCUT2D eigenvalue weighted by molar-refractivity contribution is -0.121. The van der Waals surface area contributed by atoms with E-state index in [1.165, 1.54) is 0 Å². The summed E-state index contributed by atoms with van der Waals surface area (Å²) in [6.07, 6.45) is 0.179. The number of methoxy groups -OCH3 is 1. The number of nitrogens with one attached hydrogen (secondary N) is 2. The number of fused-ring (bicyclic) bond motifs is 1. The summed E-state index contributed by atoms with van der Waals surface area (Å²) >= 11 is 0. The molecule has 0 aliphatic rings. The predicted octanol–water partition coefficient (Wildman–Crippen LogP) is 3.85. The summed E-state index contributed by atoms with van der Waals surface area (Å²) in [4.78, 5) is 26.0. The van der Waals surface area contributed by atoms with Gasteiger partial charge in [-0.3, -0.25) is 4.79 Å². The number of carbonyl (C=O) groups excluding carboxylic acids is 2. The van der Waals surface area contributed by atoms with Crippen LogP contribution in [0.1, 0.15) is 30.7 Å². The Hall–Kier alpha value is -3.48. The number of amides is 3. The molecule has 1 atom stereocenters. The summed E-state index contributed by atoms with van der Waals surface area (Å²) in [5, 5.41) is 6.58. The quantitative estimate of drug-likeness (QED) is 0.592. The Bertz CT molecular complexity index is 1000. The lowest BCUT2D eigenvalue weighted by atomic mass is 10.2. The topological polar surface area (TPSA) is 83.8 Å². The van der Waals surface area contributed by atoms with Crippen molar-refractivity contribution in [2.45, 2.75) is 25.9 Å². The van der Waals surface area contributed by atoms with Crippen LogP contribution >= 0.6 is 0 Å². The largest absolute Gasteiger partial charge is 0.493 e. The molecule has 0 bridgehead atoms. The second-order valence-electron chi connectivity index (χ2n) is 7.14. The van der Waals surface area contributed by atoms with Crippen LogP contribution in [0, 0.1) is 0 Å². The average molecular weight is 409 g/mol. The van der Waals surface area contributed by atoms with Crippen molar-refractivity contribution in [3.8, 4) is 5.75 Å². The number of rotatable bonds is 8. The van der Waals surface area contributed by atoms with Crippen LogP contribution in [0.25, 0.3) is 11.0 Å². The van der Waals surface area contributed by atoms with Crippen LogP contribution < -0.4 is 15.4 Å². The van der Waals surface area contributed by atoms with Gasteiger partial charge in [0.25, 0.3) is 0 Å². The highest BCUT2D eigenvalue weighted by Gasteiger charge is 2.16. The first kappa shape index (κ1) is 21.2. The number of urea groups is 1. The van der Waals surface area contributed by atoms with Crippen LogP contribution in [0.2, 0.25) is 0 Å². The molecule has 3 aromatic rings. The van der Waals surface area contributed by atoms with Crippen molar-refractivity contribution >= 4 is 22.9 Å². The van der Waals surface area contributed by atoms with Crippen molar-refractivity contribution in [2.24, 2.45) is 0 Å². The van der Waals surface area contributed by atoms with Crippen LogP contribution in [0.15, 0.2) is 59.0 Å². The number of benzene rings is 2. The molecule has 0 saturated carbocycles. The van der Waals surface area contributed by atoms with Gasteiger partial charge in [-0.1, -0.05) is 42.5 Å². The standard InChI is InChI=1S/C23H27N3O4/c1-16(20-14-18-10-7-11-19(29-3)22(18)30-20)25-21(27)12-13-24-23(28)26(2)15-17-8-5-4-6-9-17/h4-11,14,16H,12-13,15H2,1-3H3,(H,24,28)(H,25,27). The highest BCUT2D eigenvalue weighted by Crippen LogP contribution is 2.30. The first-order valence-corrected chi connectivity index (χ1v) is 9.86. The first-order valence-electron chi connectivity index (χ1n) is 9.86. The predicted molar refractivity (Wildman–Crippen MR) is 115 cm³/mol. The summed E-state index contributed by atoms with van der Waals surface area (Å²) in [6, 6.07) is 16.8. The molecule has 7 nitrogen and oxygen atoms in total. The average Bonchev–Trinajstić information content (AvgIpc) is 3.19. The van der Waals surface area contributed by atoms with Gasteiger partial charge in [-0.25, -0.2) is 4.79 Å². The molecule has 158 valence electrons. The molecule has 7 heteroatoms. The maximum absolute atomic E-state index is 12.3. The van der Waals surface area contributed by atoms with Gasteiger partial charge in [-0.05, 0) is 24.6 Å². The molecule has 1 aromatic heterocycles. The third kappa shape index (κ3) is 5.31. The Morgan fingerprint density at radius 3 is 2.63 bits per heavy atom. The molecule has 2 aromatic carbocycles. The number of hydrogen-bond acceptors (Lipinski definition) is 4. The minimum absolute atomic E-state index is 0.166. The van der Waals surface area contributed by atoms with Gasteiger partial charge in [0.2, 0.25) is 5.91 Å². The van der Waals surface area contributed by atoms with Crippen LogP contribution in [0.5, 0.6) is 5.75 Å². The van der Waals surface area contributed by atoms with Crippen molar-refractivity contribution in [3.63, 3.8) is 0 Å². The summed E-state index contributed by atoms with van der Waals surface area (Å²) < 4.78 is 11.2. The number of para-hydroxylation sites is 1. The van der Waals surface area contributed by atoms with Crippen molar-refractivity contribution in [3.05, 3.63) is 65.9 Å². The van der Waals surface area contributed by atoms with Crippen molar-refractivity contribution < 1.29 is 18.7 Å². The Morgan fingerprint density at radius 2 is 1.90 bits per heavy atom. The summed E-state index contributed by atoms with van der Waals surface area (Å²) in [7, 11) is 3.31. The van der Waals surface area contributed by atoms with Crippen LogP contribution in [-0.2, 0) is 11.3 Å². The minimum Gasteiger partial charge on any atom is -0.493 e. The van der Waals surface area contributed by atoms with Gasteiger partial charge in [0.05, 0.1) is 13.2 Å². The SMILES string of the molecule is COc1cccc2cc(C(C)NC(=O)CCNC(=O)N(C)Cc3ccccc3)oc12. The van der Waals surface area contributed by atoms with Gasteiger partial charge < -0.3 is 24.7 Å². The van der Waals surface area contributed by atoms with E-state index < -0.39 is 0 Å². The number of hydrogen-bond donors (Lipinski definition) is 2. The molecule has 1 unspecified atom stereocenters. The zero-order valence-electron chi connectivity index (χ0n) is 17.5. The second-order valence-corrected chi connectivity index (χ2v) is 7.14. The molecule has 0 spiro atoms. The van der Waals surface area contributed by atoms with E-state index in [2.05, 4.69) is 10.6 Å². The Morgan fingerprint density at radius 1 is 1.13 bits per heavy atom. The number of furan rings is 1. The van der Waals surface area contributed by atoms with Crippen LogP contribution in [0.3, 0.4) is 0 Å². The molecule has 0 aliphatic heterocycles. The fraction of sp³-hybridized carbons (Fsp3) is 0.304. The summed E-state index contributed by atoms with van der Waals surface area (Å²) in [5.74, 6) is 1.13. The fourth-order valence-electron chi connectivity index (χ4n) is 3.16. The van der Waals surface area contributed by atoms with Gasteiger partial charge in [-0.15, -0.1) is 0 Å². The fourth-order valence-corrected chi connectivity index (χ4v) is 3.16. The van der Waals surface area contributed by atoms with E-state index >= 15 is 0 Å². The molecule has 2 N–H and O–H groups in total. The third-order valence-electron chi connectivity index (χ3n) is 4.79. The van der Waals surface area contributed by atoms with Gasteiger partial charge in [0.15, 0.2) is 11.3 Å². The normalized spacial score (nSPS) is 11.7. The van der Waals surface area contributed by atoms with E-state index in [0.717, 1.165) is 10.9 Å². The lowest BCUT2D eigenvalue weighted by Gasteiger charge is -2.18. The van der Waals surface area contributed by atoms with Crippen LogP contribution in [0.4, 0.5) is 4.79 Å². The highest BCUT2D eigenvalue weighted by molar-refractivity contribution is 5.84. The van der Waals surface area contributed by atoms with E-state index in [4.69, 9.17) is 9.15 Å². The molecular weight excluding hydrogens is 382 g/mol. The smallest absolute Gasteiger partial charge is 0.317 e. The van der Waals surface area contributed by atoms with Gasteiger partial charge in [0, 0.05) is 31.9 Å². The highest BCUT2D eigenvalue weighted by atomic mass is 16.5. The Kier molecular flexibility index (Phi) is 6.95. The molecule has 0 radical (unpaired) electrons. The van der Waals surface area contributed by atoms with E-state index in [9.17, 15) is 9.59 Å². The maximum atomic E-state index is 12.3. The number of ether oxygens (including phenoxy) is 1. The van der Waals surface area contributed by atoms with Gasteiger partial charge in [-0.2, -0.15) is 0 Å². The van der Waals surface area contributed by atoms with Gasteiger partial charge >= 0.3 is 6.03 Å². The Labute approximate surface area is 176 Å². The van der Waals surface area contributed by atoms with E-state index in [-0.39, 0.29) is 30.9 Å². The van der Waals surface area contributed by atoms with Crippen molar-refractivity contribution in [1.29, 1.82) is 0 Å². The Balaban J connectivity index is 1.45. The molecule has 30 heavy (non-hydrogen) atoms. The van der Waals surface area contributed by atoms with Crippen molar-refractivity contribution in [2.75, 3.05) is 20.7 Å². The number of nitrogens with zero attached hydrogens (tertiary/aromatic N) is 1. The molecular formula is C23H27N3O4. The zero-order valence-corrected chi connectivity index (χ0v) is 17.5. The van der Waals surface area contributed by atoms with Crippen LogP contribution in [-0.4, -0.2) is 37.5 Å². The minimum atomic E-state index is -0.300. The summed E-state index contributed by atoms with van der Waals surface area (Å²) in [5.41, 5.74) is 1.70. The molecule has 0 saturated heterocycles. The monoisotopic (exact) mass is 409 g/mol. The van der Waals surface area contributed by atoms with Gasteiger partial charge in [0.1, 0.15) is 5.76 Å². The zero-order chi connectivity index (χ0) is 21.5. The maximum Gasteiger partial charge on any atom is 0.317 e. The third-order valence-corrected chi connectivity index (χ3v) is 4.79. The summed E-state index contributed by atoms with van der Waals surface area (Å²) in [6.45, 7) is 2.62. The van der Waals surface area contributed by atoms with E-state index in [0.29, 0.717) is 23.6 Å². The molecule has 3 amide bonds. The second kappa shape index (κ2) is 9.82. The van der Waals surface area contributed by atoms with E-state index in [1.807, 2.05) is 61.5 Å². The first-order chi connectivity index (χ1) is 14.5. The molecule has 0 aliphatic carbocycles. The molecule has 0 fully saturated rings. The van der Waals surface area contributed by atoms with Crippen molar-refractivity contribution in [1.82, 2.24) is 15.5 Å². The molecule has 3 rings (SSSR count).